The summed E-state index contributed by atoms with van der Waals surface area (Å²) in [6, 6.07) is 6.94. The van der Waals surface area contributed by atoms with Crippen LogP contribution < -0.4 is 10.9 Å². The quantitative estimate of drug-likeness (QED) is 0.674. The number of hydrogen-bond acceptors (Lipinski definition) is 5. The number of aliphatic hydroxyl groups excluding tert-OH is 1. The number of benzene rings is 1. The smallest absolute Gasteiger partial charge is 0.258 e. The number of aromatic nitrogens is 2. The molecule has 0 saturated carbocycles. The Morgan fingerprint density at radius 1 is 1.42 bits per heavy atom. The molecule has 1 amide bonds. The van der Waals surface area contributed by atoms with E-state index in [0.29, 0.717) is 22.5 Å². The number of hydrogen-bond donors (Lipinski definition) is 3. The van der Waals surface area contributed by atoms with Gasteiger partial charge in [-0.25, -0.2) is 4.98 Å². The van der Waals surface area contributed by atoms with Crippen molar-refractivity contribution in [3.63, 3.8) is 0 Å². The van der Waals surface area contributed by atoms with E-state index in [9.17, 15) is 14.7 Å². The lowest BCUT2D eigenvalue weighted by atomic mass is 10.00. The van der Waals surface area contributed by atoms with Gasteiger partial charge in [-0.2, -0.15) is 0 Å². The number of fused-ring (bicyclic) bond motifs is 1. The Kier molecular flexibility index (Phi) is 6.81. The summed E-state index contributed by atoms with van der Waals surface area (Å²) in [5.41, 5.74) is 0.483. The fourth-order valence-corrected chi connectivity index (χ4v) is 3.05. The number of aromatic amines is 1. The number of para-hydroxylation sites is 1. The molecular weight excluding hydrogens is 326 g/mol. The van der Waals surface area contributed by atoms with Gasteiger partial charge in [-0.1, -0.05) is 32.4 Å². The third-order valence-electron chi connectivity index (χ3n) is 4.01. The Hall–Kier alpha value is -1.86. The predicted octanol–water partition coefficient (Wildman–Crippen LogP) is 1.68. The maximum atomic E-state index is 12.0. The number of aliphatic hydroxyl groups is 1. The van der Waals surface area contributed by atoms with E-state index in [1.54, 1.807) is 18.2 Å². The maximum absolute atomic E-state index is 12.0. The van der Waals surface area contributed by atoms with Crippen molar-refractivity contribution in [2.45, 2.75) is 32.1 Å². The van der Waals surface area contributed by atoms with Gasteiger partial charge in [0, 0.05) is 0 Å². The monoisotopic (exact) mass is 349 g/mol. The first-order chi connectivity index (χ1) is 11.5. The Balaban J connectivity index is 1.90. The van der Waals surface area contributed by atoms with Gasteiger partial charge in [0.2, 0.25) is 5.91 Å². The van der Waals surface area contributed by atoms with Crippen LogP contribution >= 0.6 is 11.8 Å². The van der Waals surface area contributed by atoms with Crippen molar-refractivity contribution in [1.82, 2.24) is 15.3 Å². The summed E-state index contributed by atoms with van der Waals surface area (Å²) < 4.78 is 0. The van der Waals surface area contributed by atoms with Gasteiger partial charge in [0.05, 0.1) is 35.1 Å². The summed E-state index contributed by atoms with van der Waals surface area (Å²) in [5.74, 6) is 1.35. The molecule has 24 heavy (non-hydrogen) atoms. The van der Waals surface area contributed by atoms with E-state index in [1.807, 2.05) is 19.9 Å². The van der Waals surface area contributed by atoms with Crippen molar-refractivity contribution in [2.75, 3.05) is 12.4 Å². The van der Waals surface area contributed by atoms with E-state index in [0.717, 1.165) is 6.42 Å². The second-order valence-corrected chi connectivity index (χ2v) is 6.75. The van der Waals surface area contributed by atoms with Crippen LogP contribution in [0, 0.1) is 5.92 Å². The molecule has 7 heteroatoms. The van der Waals surface area contributed by atoms with Crippen LogP contribution in [0.2, 0.25) is 0 Å². The molecule has 0 aliphatic heterocycles. The number of rotatable bonds is 8. The predicted molar refractivity (Wildman–Crippen MR) is 97.0 cm³/mol. The van der Waals surface area contributed by atoms with Crippen molar-refractivity contribution in [2.24, 2.45) is 5.92 Å². The van der Waals surface area contributed by atoms with Crippen molar-refractivity contribution in [1.29, 1.82) is 0 Å². The first-order valence-corrected chi connectivity index (χ1v) is 9.16. The number of nitrogens with one attached hydrogen (secondary N) is 2. The normalized spacial score (nSPS) is 13.6. The highest BCUT2D eigenvalue weighted by atomic mass is 32.2. The van der Waals surface area contributed by atoms with E-state index in [4.69, 9.17) is 0 Å². The molecule has 2 rings (SSSR count). The lowest BCUT2D eigenvalue weighted by Gasteiger charge is -2.21. The van der Waals surface area contributed by atoms with Gasteiger partial charge in [-0.3, -0.25) is 9.59 Å². The molecule has 0 spiro atoms. The minimum Gasteiger partial charge on any atom is -0.394 e. The largest absolute Gasteiger partial charge is 0.394 e. The zero-order chi connectivity index (χ0) is 17.5. The van der Waals surface area contributed by atoms with Gasteiger partial charge in [-0.15, -0.1) is 11.8 Å². The minimum atomic E-state index is -0.221. The van der Waals surface area contributed by atoms with E-state index in [-0.39, 0.29) is 35.8 Å². The minimum absolute atomic E-state index is 0.0645. The Labute approximate surface area is 145 Å². The first-order valence-electron chi connectivity index (χ1n) is 8.01. The Morgan fingerprint density at radius 2 is 2.17 bits per heavy atom. The molecule has 0 aliphatic rings. The van der Waals surface area contributed by atoms with Crippen LogP contribution in [0.5, 0.6) is 0 Å². The van der Waals surface area contributed by atoms with Crippen LogP contribution in [0.3, 0.4) is 0 Å². The summed E-state index contributed by atoms with van der Waals surface area (Å²) in [6.45, 7) is 3.96. The van der Waals surface area contributed by atoms with E-state index < -0.39 is 0 Å². The molecule has 0 fully saturated rings. The first kappa shape index (κ1) is 18.5. The third-order valence-corrected chi connectivity index (χ3v) is 4.95. The van der Waals surface area contributed by atoms with Crippen LogP contribution in [0.1, 0.15) is 26.1 Å². The van der Waals surface area contributed by atoms with Gasteiger partial charge in [-0.05, 0) is 18.1 Å². The van der Waals surface area contributed by atoms with Crippen LogP contribution in [0.25, 0.3) is 10.9 Å². The molecule has 0 aliphatic carbocycles. The fourth-order valence-electron chi connectivity index (χ4n) is 2.34. The standard InChI is InChI=1S/C17H23N3O3S/c1-3-11(2)14(8-21)19-16(22)10-24-9-15-18-13-7-5-4-6-12(13)17(23)20-15/h4-7,11,14,21H,3,8-10H2,1-2H3,(H,19,22)(H,18,20,23). The van der Waals surface area contributed by atoms with Crippen molar-refractivity contribution in [3.8, 4) is 0 Å². The highest BCUT2D eigenvalue weighted by Gasteiger charge is 2.17. The van der Waals surface area contributed by atoms with Gasteiger partial charge in [0.25, 0.3) is 5.56 Å². The van der Waals surface area contributed by atoms with Crippen LogP contribution in [0.15, 0.2) is 29.1 Å². The summed E-state index contributed by atoms with van der Waals surface area (Å²) in [5, 5.41) is 12.7. The number of nitrogens with zero attached hydrogens (tertiary/aromatic N) is 1. The Morgan fingerprint density at radius 3 is 2.88 bits per heavy atom. The average Bonchev–Trinajstić information content (AvgIpc) is 2.59. The number of thioether (sulfide) groups is 1. The molecule has 0 saturated heterocycles. The van der Waals surface area contributed by atoms with E-state index >= 15 is 0 Å². The van der Waals surface area contributed by atoms with Gasteiger partial charge in [0.15, 0.2) is 0 Å². The maximum Gasteiger partial charge on any atom is 0.258 e. The molecule has 130 valence electrons. The number of H-pyrrole nitrogens is 1. The van der Waals surface area contributed by atoms with Gasteiger partial charge < -0.3 is 15.4 Å². The summed E-state index contributed by atoms with van der Waals surface area (Å²) in [6.07, 6.45) is 0.890. The third kappa shape index (κ3) is 4.82. The fraction of sp³-hybridized carbons (Fsp3) is 0.471. The molecule has 2 unspecified atom stereocenters. The van der Waals surface area contributed by atoms with Crippen LogP contribution in [-0.4, -0.2) is 39.4 Å². The van der Waals surface area contributed by atoms with Gasteiger partial charge >= 0.3 is 0 Å². The molecular formula is C17H23N3O3S. The molecule has 0 bridgehead atoms. The Bertz CT molecular complexity index is 747. The summed E-state index contributed by atoms with van der Waals surface area (Å²) >= 11 is 1.38. The zero-order valence-electron chi connectivity index (χ0n) is 13.9. The number of carbonyl (C=O) groups excluding carboxylic acids is 1. The summed E-state index contributed by atoms with van der Waals surface area (Å²) in [4.78, 5) is 31.1. The molecule has 6 nitrogen and oxygen atoms in total. The number of carbonyl (C=O) groups is 1. The van der Waals surface area contributed by atoms with Gasteiger partial charge in [0.1, 0.15) is 5.82 Å². The molecule has 2 aromatic rings. The number of amides is 1. The second-order valence-electron chi connectivity index (χ2n) is 5.76. The van der Waals surface area contributed by atoms with Crippen LogP contribution in [-0.2, 0) is 10.5 Å². The molecule has 1 aromatic carbocycles. The van der Waals surface area contributed by atoms with E-state index in [2.05, 4.69) is 15.3 Å². The van der Waals surface area contributed by atoms with Crippen molar-refractivity contribution in [3.05, 3.63) is 40.4 Å². The van der Waals surface area contributed by atoms with Crippen molar-refractivity contribution < 1.29 is 9.90 Å². The second kappa shape index (κ2) is 8.84. The molecule has 2 atom stereocenters. The molecule has 1 aromatic heterocycles. The van der Waals surface area contributed by atoms with E-state index in [1.165, 1.54) is 11.8 Å². The molecule has 1 heterocycles. The van der Waals surface area contributed by atoms with Crippen molar-refractivity contribution >= 4 is 28.6 Å². The van der Waals surface area contributed by atoms with Crippen LogP contribution in [0.4, 0.5) is 0 Å². The SMILES string of the molecule is CCC(C)C(CO)NC(=O)CSCc1nc2ccccc2c(=O)[nH]1. The summed E-state index contributed by atoms with van der Waals surface area (Å²) in [7, 11) is 0. The molecule has 3 N–H and O–H groups in total. The topological polar surface area (TPSA) is 95.1 Å². The average molecular weight is 349 g/mol. The lowest BCUT2D eigenvalue weighted by molar-refractivity contribution is -0.119. The highest BCUT2D eigenvalue weighted by Crippen LogP contribution is 2.12. The molecule has 0 radical (unpaired) electrons. The highest BCUT2D eigenvalue weighted by molar-refractivity contribution is 7.99. The lowest BCUT2D eigenvalue weighted by Crippen LogP contribution is -2.42. The zero-order valence-corrected chi connectivity index (χ0v) is 14.7.